The molecule has 0 radical (unpaired) electrons. The van der Waals surface area contributed by atoms with Gasteiger partial charge >= 0.3 is 0 Å². The third-order valence-corrected chi connectivity index (χ3v) is 2.58. The minimum absolute atomic E-state index is 0.0843. The Morgan fingerprint density at radius 1 is 1.24 bits per heavy atom. The van der Waals surface area contributed by atoms with Gasteiger partial charge in [0.1, 0.15) is 0 Å². The van der Waals surface area contributed by atoms with Crippen LogP contribution in [0, 0.1) is 0 Å². The molecule has 0 aliphatic heterocycles. The quantitative estimate of drug-likeness (QED) is 0.795. The first-order chi connectivity index (χ1) is 8.08. The van der Waals surface area contributed by atoms with Gasteiger partial charge in [-0.15, -0.1) is 0 Å². The van der Waals surface area contributed by atoms with Crippen molar-refractivity contribution >= 4 is 0 Å². The Labute approximate surface area is 102 Å². The molecule has 1 aromatic heterocycles. The highest BCUT2D eigenvalue weighted by molar-refractivity contribution is 5.31. The van der Waals surface area contributed by atoms with E-state index in [-0.39, 0.29) is 19.3 Å². The molecule has 0 fully saturated rings. The van der Waals surface area contributed by atoms with Crippen LogP contribution in [0.3, 0.4) is 0 Å². The van der Waals surface area contributed by atoms with Gasteiger partial charge in [-0.3, -0.25) is 0 Å². The van der Waals surface area contributed by atoms with Crippen molar-refractivity contribution in [1.82, 2.24) is 4.98 Å². The van der Waals surface area contributed by atoms with Gasteiger partial charge in [-0.05, 0) is 18.9 Å². The first-order valence-corrected chi connectivity index (χ1v) is 5.96. The minimum Gasteiger partial charge on any atom is -0.474 e. The van der Waals surface area contributed by atoms with Crippen LogP contribution in [0.4, 0.5) is 0 Å². The van der Waals surface area contributed by atoms with E-state index in [4.69, 9.17) is 14.9 Å². The van der Waals surface area contributed by atoms with Gasteiger partial charge in [0.15, 0.2) is 0 Å². The monoisotopic (exact) mass is 239 g/mol. The number of ether oxygens (including phenoxy) is 1. The van der Waals surface area contributed by atoms with Crippen molar-refractivity contribution in [1.29, 1.82) is 0 Å². The molecule has 0 amide bonds. The van der Waals surface area contributed by atoms with Crippen molar-refractivity contribution < 1.29 is 14.9 Å². The van der Waals surface area contributed by atoms with Gasteiger partial charge < -0.3 is 14.9 Å². The average molecular weight is 239 g/mol. The fraction of sp³-hybridized carbons (Fsp3) is 0.615. The molecular formula is C13H21NO3. The van der Waals surface area contributed by atoms with E-state index >= 15 is 0 Å². The molecule has 0 aromatic carbocycles. The third kappa shape index (κ3) is 3.98. The Morgan fingerprint density at radius 3 is 2.47 bits per heavy atom. The molecular weight excluding hydrogens is 218 g/mol. The molecule has 1 aromatic rings. The molecule has 1 atom stereocenters. The summed E-state index contributed by atoms with van der Waals surface area (Å²) < 4.78 is 5.71. The highest BCUT2D eigenvalue weighted by Crippen LogP contribution is 2.25. The minimum atomic E-state index is -0.0941. The fourth-order valence-electron chi connectivity index (χ4n) is 1.54. The Hall–Kier alpha value is -1.13. The molecule has 4 heteroatoms. The van der Waals surface area contributed by atoms with E-state index in [1.54, 1.807) is 6.07 Å². The van der Waals surface area contributed by atoms with Gasteiger partial charge in [-0.1, -0.05) is 19.9 Å². The van der Waals surface area contributed by atoms with Crippen LogP contribution in [0.25, 0.3) is 0 Å². The lowest BCUT2D eigenvalue weighted by atomic mass is 10.0. The number of hydrogen-bond acceptors (Lipinski definition) is 4. The number of aliphatic hydroxyl groups excluding tert-OH is 2. The van der Waals surface area contributed by atoms with E-state index in [0.717, 1.165) is 5.56 Å². The predicted octanol–water partition coefficient (Wildman–Crippen LogP) is 1.85. The Morgan fingerprint density at radius 2 is 1.94 bits per heavy atom. The highest BCUT2D eigenvalue weighted by atomic mass is 16.5. The summed E-state index contributed by atoms with van der Waals surface area (Å²) in [5.41, 5.74) is 1.62. The van der Waals surface area contributed by atoms with Crippen LogP contribution >= 0.6 is 0 Å². The van der Waals surface area contributed by atoms with Gasteiger partial charge in [-0.25, -0.2) is 4.98 Å². The second kappa shape index (κ2) is 6.57. The molecule has 0 spiro atoms. The molecule has 0 aliphatic carbocycles. The summed E-state index contributed by atoms with van der Waals surface area (Å²) >= 11 is 0. The Bertz CT molecular complexity index is 353. The van der Waals surface area contributed by atoms with Gasteiger partial charge in [-0.2, -0.15) is 0 Å². The highest BCUT2D eigenvalue weighted by Gasteiger charge is 2.13. The third-order valence-electron chi connectivity index (χ3n) is 2.58. The summed E-state index contributed by atoms with van der Waals surface area (Å²) in [5, 5.41) is 17.9. The maximum atomic E-state index is 9.07. The Balaban J connectivity index is 2.92. The summed E-state index contributed by atoms with van der Waals surface area (Å²) in [6.45, 7) is 6.03. The molecule has 0 saturated carbocycles. The number of aromatic nitrogens is 1. The Kier molecular flexibility index (Phi) is 5.38. The average Bonchev–Trinajstić information content (AvgIpc) is 2.28. The molecule has 4 nitrogen and oxygen atoms in total. The summed E-state index contributed by atoms with van der Waals surface area (Å²) in [6.07, 6.45) is 0.488. The topological polar surface area (TPSA) is 62.6 Å². The lowest BCUT2D eigenvalue weighted by Crippen LogP contribution is -2.16. The molecule has 0 aliphatic rings. The zero-order valence-corrected chi connectivity index (χ0v) is 10.7. The van der Waals surface area contributed by atoms with E-state index in [1.165, 1.54) is 0 Å². The first kappa shape index (κ1) is 13.9. The van der Waals surface area contributed by atoms with Crippen molar-refractivity contribution in [3.63, 3.8) is 0 Å². The standard InChI is InChI=1S/C13H21NO3/c1-9(2)12-5-4-11(8-16)14-13(12)17-10(3)6-7-15/h4-5,9-10,15-16H,6-8H2,1-3H3. The molecule has 0 bridgehead atoms. The van der Waals surface area contributed by atoms with Gasteiger partial charge in [0.25, 0.3) is 0 Å². The van der Waals surface area contributed by atoms with Crippen molar-refractivity contribution in [2.24, 2.45) is 0 Å². The van der Waals surface area contributed by atoms with E-state index < -0.39 is 0 Å². The number of pyridine rings is 1. The molecule has 1 unspecified atom stereocenters. The lowest BCUT2D eigenvalue weighted by molar-refractivity contribution is 0.160. The zero-order chi connectivity index (χ0) is 12.8. The molecule has 17 heavy (non-hydrogen) atoms. The summed E-state index contributed by atoms with van der Waals surface area (Å²) in [6, 6.07) is 3.74. The van der Waals surface area contributed by atoms with Gasteiger partial charge in [0, 0.05) is 18.6 Å². The van der Waals surface area contributed by atoms with E-state index in [1.807, 2.05) is 13.0 Å². The van der Waals surface area contributed by atoms with Crippen molar-refractivity contribution in [3.05, 3.63) is 23.4 Å². The molecule has 0 saturated heterocycles. The largest absolute Gasteiger partial charge is 0.474 e. The van der Waals surface area contributed by atoms with Crippen LogP contribution in [-0.4, -0.2) is 27.9 Å². The van der Waals surface area contributed by atoms with E-state index in [2.05, 4.69) is 18.8 Å². The van der Waals surface area contributed by atoms with Crippen LogP contribution in [0.1, 0.15) is 44.4 Å². The lowest BCUT2D eigenvalue weighted by Gasteiger charge is -2.18. The van der Waals surface area contributed by atoms with E-state index in [9.17, 15) is 0 Å². The SMILES string of the molecule is CC(CCO)Oc1nc(CO)ccc1C(C)C. The molecule has 2 N–H and O–H groups in total. The second-order valence-corrected chi connectivity index (χ2v) is 4.45. The van der Waals surface area contributed by atoms with E-state index in [0.29, 0.717) is 23.9 Å². The number of aliphatic hydroxyl groups is 2. The molecule has 1 heterocycles. The second-order valence-electron chi connectivity index (χ2n) is 4.45. The van der Waals surface area contributed by atoms with Crippen LogP contribution in [-0.2, 0) is 6.61 Å². The maximum absolute atomic E-state index is 9.07. The number of rotatable bonds is 6. The number of nitrogens with zero attached hydrogens (tertiary/aromatic N) is 1. The zero-order valence-electron chi connectivity index (χ0n) is 10.7. The van der Waals surface area contributed by atoms with Crippen LogP contribution in [0.2, 0.25) is 0 Å². The van der Waals surface area contributed by atoms with Crippen LogP contribution < -0.4 is 4.74 Å². The molecule has 1 rings (SSSR count). The smallest absolute Gasteiger partial charge is 0.217 e. The van der Waals surface area contributed by atoms with Gasteiger partial charge in [0.2, 0.25) is 5.88 Å². The van der Waals surface area contributed by atoms with Crippen molar-refractivity contribution in [3.8, 4) is 5.88 Å². The van der Waals surface area contributed by atoms with Crippen molar-refractivity contribution in [2.75, 3.05) is 6.61 Å². The van der Waals surface area contributed by atoms with Crippen LogP contribution in [0.5, 0.6) is 5.88 Å². The van der Waals surface area contributed by atoms with Crippen LogP contribution in [0.15, 0.2) is 12.1 Å². The normalized spacial score (nSPS) is 12.8. The first-order valence-electron chi connectivity index (χ1n) is 5.96. The molecule has 96 valence electrons. The maximum Gasteiger partial charge on any atom is 0.217 e. The summed E-state index contributed by atoms with van der Waals surface area (Å²) in [4.78, 5) is 4.28. The van der Waals surface area contributed by atoms with Crippen molar-refractivity contribution in [2.45, 2.75) is 45.8 Å². The predicted molar refractivity (Wildman–Crippen MR) is 66.0 cm³/mol. The van der Waals surface area contributed by atoms with Gasteiger partial charge in [0.05, 0.1) is 18.4 Å². The number of hydrogen-bond donors (Lipinski definition) is 2. The summed E-state index contributed by atoms with van der Waals surface area (Å²) in [7, 11) is 0. The fourth-order valence-corrected chi connectivity index (χ4v) is 1.54. The summed E-state index contributed by atoms with van der Waals surface area (Å²) in [5.74, 6) is 0.874.